The standard InChI is InChI=1S/C72H123N3O53/c1-16-34(89)42(97)47(102)66(110-16)124-58-31(73-19(4)84)63(116-27(12-81)55(58)123-71-52(107)61(40(95)26(11-80)115-71)127-64-32(74-20(5)85)59(125-67-48(103)43(98)35(90)17(2)111-67)56(28(13-82)117-64)121-69-50(105)45(100)38(93)24(9-78)113-69)109-15-30-41(96)62(53(108)72(119-30)120-54(23(88)8-77)37(92)22(87)7-76)128-65-33(75-21(6)86)60(126-68-49(104)44(99)36(91)18(3)112-68)57(29(14-83)118-65)122-70-51(106)46(101)39(94)25(10-79)114-70/h16-18,22-72,76-83,87-108H,7-15H2,1-6H3,(H,73,84)(H,74,85)(H,75,86)/t16-,17-,18-,22-,23+,24+,25+,26+,27+,28+,29+,30+,31+,32+,33+,34+,35+,36+,37+,38-,39-,40-,41-,42+,43+,44+,45-,46-,47-,48-,49-,50+,51+,52+,53+,54+,55+,56+,57+,58+,59+,60+,61-,62-,63+,64-,65-,66-,67-,68-,69-,70-,71-,72-/m0/s1. The Morgan fingerprint density at radius 1 is 0.266 bits per heavy atom. The molecule has 0 aromatic heterocycles. The Morgan fingerprint density at radius 3 is 0.836 bits per heavy atom. The number of aliphatic hydroxyl groups excluding tert-OH is 30. The van der Waals surface area contributed by atoms with E-state index < -0.39 is 408 Å². The lowest BCUT2D eigenvalue weighted by molar-refractivity contribution is -0.396. The van der Waals surface area contributed by atoms with Gasteiger partial charge in [0.15, 0.2) is 62.9 Å². The largest absolute Gasteiger partial charge is 0.394 e. The molecule has 10 saturated heterocycles. The second-order valence-electron chi connectivity index (χ2n) is 32.8. The minimum atomic E-state index is -2.60. The molecule has 0 aromatic rings. The fraction of sp³-hybridized carbons (Fsp3) is 0.958. The molecule has 10 fully saturated rings. The summed E-state index contributed by atoms with van der Waals surface area (Å²) in [6.07, 6.45) is -108. The molecule has 10 aliphatic heterocycles. The second-order valence-corrected chi connectivity index (χ2v) is 32.8. The van der Waals surface area contributed by atoms with E-state index in [1.54, 1.807) is 0 Å². The molecule has 0 radical (unpaired) electrons. The zero-order valence-electron chi connectivity index (χ0n) is 69.3. The Hall–Kier alpha value is -3.59. The average molecular weight is 1880 g/mol. The first-order valence-corrected chi connectivity index (χ1v) is 41.2. The summed E-state index contributed by atoms with van der Waals surface area (Å²) >= 11 is 0. The van der Waals surface area contributed by atoms with Crippen molar-refractivity contribution >= 4 is 17.7 Å². The highest BCUT2D eigenvalue weighted by molar-refractivity contribution is 5.74. The summed E-state index contributed by atoms with van der Waals surface area (Å²) in [6, 6.07) is -6.18. The van der Waals surface area contributed by atoms with E-state index in [9.17, 15) is 168 Å². The smallest absolute Gasteiger partial charge is 0.217 e. The van der Waals surface area contributed by atoms with Crippen molar-refractivity contribution in [1.82, 2.24) is 16.0 Å². The number of amides is 3. The van der Waals surface area contributed by atoms with E-state index >= 15 is 0 Å². The van der Waals surface area contributed by atoms with E-state index in [1.807, 2.05) is 0 Å². The third-order valence-electron chi connectivity index (χ3n) is 23.7. The summed E-state index contributed by atoms with van der Waals surface area (Å²) < 4.78 is 121. The van der Waals surface area contributed by atoms with Crippen LogP contribution in [0.1, 0.15) is 41.5 Å². The summed E-state index contributed by atoms with van der Waals surface area (Å²) in [6.45, 7) is -4.55. The van der Waals surface area contributed by atoms with Gasteiger partial charge in [-0.05, 0) is 20.8 Å². The highest BCUT2D eigenvalue weighted by atomic mass is 16.8. The van der Waals surface area contributed by atoms with Gasteiger partial charge in [-0.15, -0.1) is 0 Å². The van der Waals surface area contributed by atoms with Crippen LogP contribution in [0.4, 0.5) is 0 Å². The number of aliphatic hydroxyl groups is 30. The van der Waals surface area contributed by atoms with Crippen molar-refractivity contribution in [3.63, 3.8) is 0 Å². The molecular weight excluding hydrogens is 1750 g/mol. The maximum Gasteiger partial charge on any atom is 0.217 e. The fourth-order valence-electron chi connectivity index (χ4n) is 16.5. The molecule has 744 valence electrons. The van der Waals surface area contributed by atoms with Crippen LogP contribution in [0.2, 0.25) is 0 Å². The Bertz CT molecular complexity index is 3400. The van der Waals surface area contributed by atoms with E-state index in [2.05, 4.69) is 16.0 Å². The molecule has 54 atom stereocenters. The van der Waals surface area contributed by atoms with Gasteiger partial charge in [0.1, 0.15) is 250 Å². The van der Waals surface area contributed by atoms with Crippen molar-refractivity contribution < 1.29 is 262 Å². The number of hydrogen-bond acceptors (Lipinski definition) is 53. The number of nitrogens with one attached hydrogen (secondary N) is 3. The van der Waals surface area contributed by atoms with Crippen molar-refractivity contribution in [3.05, 3.63) is 0 Å². The van der Waals surface area contributed by atoms with E-state index in [-0.39, 0.29) is 0 Å². The van der Waals surface area contributed by atoms with Crippen LogP contribution < -0.4 is 16.0 Å². The molecule has 56 heteroatoms. The molecule has 0 aliphatic carbocycles. The van der Waals surface area contributed by atoms with Gasteiger partial charge >= 0.3 is 0 Å². The van der Waals surface area contributed by atoms with Gasteiger partial charge in [-0.25, -0.2) is 0 Å². The SMILES string of the molecule is CC(=O)N[C@H]1[C@H](O[C@H]2[C@@H](O)[C@@H](CO[C@@H]3O[C@H](CO)[C@@H](O[C@@H]4O[C@H](CO)[C@H](O)[C@H](O[C@@H]5O[C@H](CO)[C@@H](O[C@@H]6O[C@H](CO)[C@H](O)[C@H](O)[C@H]6O)[C@H](O[C@@H]6O[C@@H](C)[C@@H](O)[C@@H](O)[C@@H]6O)[C@H]5NC(C)=O)[C@H]4O)[C@H](O[C@@H]4O[C@@H](C)[C@@H](O)[C@@H](O)[C@@H]4O)[C@H]3NC(C)=O)O[C@@H](O[C@@H]([C@H](O)[C@@H](O)CO)[C@H](O)CO)[C@@H]2O)O[C@H](CO)[C@@H](O[C@@H]2O[C@H](CO)[C@H](O)[C@H](O)[C@H]2O)[C@@H]1O[C@@H]1O[C@@H](C)[C@@H](O)[C@@H](O)[C@@H]1O. The first kappa shape index (κ1) is 106. The van der Waals surface area contributed by atoms with Gasteiger partial charge in [-0.2, -0.15) is 0 Å². The number of hydrogen-bond donors (Lipinski definition) is 33. The number of carbonyl (C=O) groups is 3. The molecule has 56 nitrogen and oxygen atoms in total. The van der Waals surface area contributed by atoms with Gasteiger partial charge in [0.2, 0.25) is 17.7 Å². The number of rotatable bonds is 35. The van der Waals surface area contributed by atoms with Crippen LogP contribution in [-0.2, 0) is 109 Å². The van der Waals surface area contributed by atoms with Crippen LogP contribution in [-0.4, -0.2) is 562 Å². The van der Waals surface area contributed by atoms with Gasteiger partial charge in [0.25, 0.3) is 0 Å². The van der Waals surface area contributed by atoms with Crippen LogP contribution in [0.3, 0.4) is 0 Å². The quantitative estimate of drug-likeness (QED) is 0.0280. The van der Waals surface area contributed by atoms with Crippen molar-refractivity contribution in [2.75, 3.05) is 59.5 Å². The summed E-state index contributed by atoms with van der Waals surface area (Å²) in [4.78, 5) is 40.8. The van der Waals surface area contributed by atoms with Crippen LogP contribution >= 0.6 is 0 Å². The van der Waals surface area contributed by atoms with E-state index in [0.29, 0.717) is 0 Å². The van der Waals surface area contributed by atoms with Crippen LogP contribution in [0.25, 0.3) is 0 Å². The monoisotopic (exact) mass is 1880 g/mol. The predicted molar refractivity (Wildman–Crippen MR) is 395 cm³/mol. The summed E-state index contributed by atoms with van der Waals surface area (Å²) in [5.74, 6) is -3.10. The Balaban J connectivity index is 1.01. The summed E-state index contributed by atoms with van der Waals surface area (Å²) in [7, 11) is 0. The van der Waals surface area contributed by atoms with Gasteiger partial charge in [0.05, 0.1) is 77.8 Å². The molecule has 33 N–H and O–H groups in total. The number of carbonyl (C=O) groups excluding carboxylic acids is 3. The van der Waals surface area contributed by atoms with Gasteiger partial charge in [0, 0.05) is 20.8 Å². The zero-order valence-corrected chi connectivity index (χ0v) is 69.3. The summed E-state index contributed by atoms with van der Waals surface area (Å²) in [5.41, 5.74) is 0. The van der Waals surface area contributed by atoms with Crippen LogP contribution in [0.5, 0.6) is 0 Å². The Kier molecular flexibility index (Phi) is 38.7. The molecule has 10 heterocycles. The van der Waals surface area contributed by atoms with Gasteiger partial charge in [-0.1, -0.05) is 0 Å². The Morgan fingerprint density at radius 2 is 0.516 bits per heavy atom. The third-order valence-corrected chi connectivity index (χ3v) is 23.7. The van der Waals surface area contributed by atoms with Crippen molar-refractivity contribution in [3.8, 4) is 0 Å². The highest BCUT2D eigenvalue weighted by Gasteiger charge is 2.63. The first-order chi connectivity index (χ1) is 60.4. The van der Waals surface area contributed by atoms with Crippen LogP contribution in [0, 0.1) is 0 Å². The molecule has 0 saturated carbocycles. The predicted octanol–water partition coefficient (Wildman–Crippen LogP) is -21.8. The molecule has 0 unspecified atom stereocenters. The maximum atomic E-state index is 13.8. The number of ether oxygens (including phenoxy) is 20. The maximum absolute atomic E-state index is 13.8. The van der Waals surface area contributed by atoms with Crippen LogP contribution in [0.15, 0.2) is 0 Å². The molecule has 3 amide bonds. The van der Waals surface area contributed by atoms with Crippen molar-refractivity contribution in [2.45, 2.75) is 373 Å². The molecule has 10 aliphatic rings. The second kappa shape index (κ2) is 46.5. The Labute approximate surface area is 726 Å². The molecule has 0 bridgehead atoms. The zero-order chi connectivity index (χ0) is 94.5. The van der Waals surface area contributed by atoms with E-state index in [4.69, 9.17) is 94.7 Å². The summed E-state index contributed by atoms with van der Waals surface area (Å²) in [5, 5.41) is 341. The van der Waals surface area contributed by atoms with Crippen molar-refractivity contribution in [1.29, 1.82) is 0 Å². The van der Waals surface area contributed by atoms with Gasteiger partial charge < -0.3 is 264 Å². The normalized spacial score (nSPS) is 49.0. The molecule has 10 rings (SSSR count). The lowest BCUT2D eigenvalue weighted by Gasteiger charge is -2.52. The average Bonchev–Trinajstić information content (AvgIpc) is 0.759. The first-order valence-electron chi connectivity index (χ1n) is 41.2. The lowest BCUT2D eigenvalue weighted by Crippen LogP contribution is -2.72. The minimum absolute atomic E-state index is 0.889. The van der Waals surface area contributed by atoms with Crippen molar-refractivity contribution in [2.24, 2.45) is 0 Å². The third kappa shape index (κ3) is 23.4. The lowest BCUT2D eigenvalue weighted by atomic mass is 9.93. The highest BCUT2D eigenvalue weighted by Crippen LogP contribution is 2.42. The molecule has 0 spiro atoms. The molecular formula is C72H123N3O53. The molecule has 0 aromatic carbocycles. The van der Waals surface area contributed by atoms with E-state index in [1.165, 1.54) is 20.8 Å². The fourth-order valence-corrected chi connectivity index (χ4v) is 16.5. The molecule has 128 heavy (non-hydrogen) atoms. The minimum Gasteiger partial charge on any atom is -0.394 e. The van der Waals surface area contributed by atoms with Gasteiger partial charge in [-0.3, -0.25) is 14.4 Å². The van der Waals surface area contributed by atoms with E-state index in [0.717, 1.165) is 20.8 Å². The topological polar surface area (TPSA) is 879 Å².